The molecule has 0 bridgehead atoms. The molecule has 0 aliphatic rings. The lowest BCUT2D eigenvalue weighted by Crippen LogP contribution is -2.13. The zero-order valence-electron chi connectivity index (χ0n) is 12.4. The standard InChI is InChI=1S/C18H12ClIN2O2/c19-12-1-6-16(17(20)11-12)18(23)22-13-2-4-14(5-3-13)24-15-7-9-21-10-8-15/h1-11H,(H,22,23). The molecule has 1 aromatic heterocycles. The van der Waals surface area contributed by atoms with Crippen LogP contribution >= 0.6 is 34.2 Å². The van der Waals surface area contributed by atoms with Crippen LogP contribution in [-0.2, 0) is 0 Å². The van der Waals surface area contributed by atoms with Crippen molar-refractivity contribution in [1.82, 2.24) is 4.98 Å². The number of amides is 1. The number of ether oxygens (including phenoxy) is 1. The van der Waals surface area contributed by atoms with E-state index in [9.17, 15) is 4.79 Å². The topological polar surface area (TPSA) is 51.2 Å². The Balaban J connectivity index is 1.68. The van der Waals surface area contributed by atoms with Gasteiger partial charge >= 0.3 is 0 Å². The van der Waals surface area contributed by atoms with Gasteiger partial charge in [-0.15, -0.1) is 0 Å². The third-order valence-electron chi connectivity index (χ3n) is 3.17. The number of benzene rings is 2. The fourth-order valence-corrected chi connectivity index (χ4v) is 3.14. The van der Waals surface area contributed by atoms with Gasteiger partial charge in [-0.1, -0.05) is 11.6 Å². The van der Waals surface area contributed by atoms with E-state index < -0.39 is 0 Å². The van der Waals surface area contributed by atoms with E-state index >= 15 is 0 Å². The van der Waals surface area contributed by atoms with Crippen LogP contribution in [0.15, 0.2) is 67.0 Å². The second kappa shape index (κ2) is 7.63. The Kier molecular flexibility index (Phi) is 5.32. The molecule has 4 nitrogen and oxygen atoms in total. The van der Waals surface area contributed by atoms with Crippen LogP contribution in [0.1, 0.15) is 10.4 Å². The first kappa shape index (κ1) is 16.7. The van der Waals surface area contributed by atoms with Crippen molar-refractivity contribution in [1.29, 1.82) is 0 Å². The molecule has 3 rings (SSSR count). The minimum Gasteiger partial charge on any atom is -0.457 e. The van der Waals surface area contributed by atoms with Crippen LogP contribution < -0.4 is 10.1 Å². The molecule has 0 aliphatic carbocycles. The maximum atomic E-state index is 12.3. The molecule has 3 aromatic rings. The lowest BCUT2D eigenvalue weighted by molar-refractivity contribution is 0.102. The molecule has 0 spiro atoms. The van der Waals surface area contributed by atoms with Crippen molar-refractivity contribution in [2.45, 2.75) is 0 Å². The fourth-order valence-electron chi connectivity index (χ4n) is 2.02. The summed E-state index contributed by atoms with van der Waals surface area (Å²) < 4.78 is 6.49. The number of anilines is 1. The van der Waals surface area contributed by atoms with Gasteiger partial charge < -0.3 is 10.1 Å². The van der Waals surface area contributed by atoms with E-state index in [4.69, 9.17) is 16.3 Å². The molecule has 1 amide bonds. The number of aromatic nitrogens is 1. The number of pyridine rings is 1. The van der Waals surface area contributed by atoms with Crippen molar-refractivity contribution in [2.24, 2.45) is 0 Å². The maximum absolute atomic E-state index is 12.3. The highest BCUT2D eigenvalue weighted by Gasteiger charge is 2.10. The van der Waals surface area contributed by atoms with Gasteiger partial charge in [-0.25, -0.2) is 0 Å². The van der Waals surface area contributed by atoms with Crippen LogP contribution in [0.4, 0.5) is 5.69 Å². The summed E-state index contributed by atoms with van der Waals surface area (Å²) in [5.74, 6) is 1.21. The molecule has 120 valence electrons. The first-order valence-electron chi connectivity index (χ1n) is 7.06. The minimum absolute atomic E-state index is 0.182. The Labute approximate surface area is 158 Å². The summed E-state index contributed by atoms with van der Waals surface area (Å²) >= 11 is 8.00. The Hall–Kier alpha value is -2.12. The third-order valence-corrected chi connectivity index (χ3v) is 4.30. The molecule has 0 saturated heterocycles. The molecular weight excluding hydrogens is 439 g/mol. The number of halogens is 2. The highest BCUT2D eigenvalue weighted by atomic mass is 127. The molecule has 0 radical (unpaired) electrons. The van der Waals surface area contributed by atoms with Crippen LogP contribution in [0, 0.1) is 3.57 Å². The van der Waals surface area contributed by atoms with Crippen LogP contribution in [0.5, 0.6) is 11.5 Å². The number of rotatable bonds is 4. The van der Waals surface area contributed by atoms with Crippen LogP contribution in [0.25, 0.3) is 0 Å². The van der Waals surface area contributed by atoms with Gasteiger partial charge in [-0.2, -0.15) is 0 Å². The normalized spacial score (nSPS) is 10.2. The van der Waals surface area contributed by atoms with Gasteiger partial charge in [-0.3, -0.25) is 9.78 Å². The predicted molar refractivity (Wildman–Crippen MR) is 103 cm³/mol. The maximum Gasteiger partial charge on any atom is 0.256 e. The average molecular weight is 451 g/mol. The Morgan fingerprint density at radius 3 is 2.33 bits per heavy atom. The van der Waals surface area contributed by atoms with Crippen molar-refractivity contribution in [2.75, 3.05) is 5.32 Å². The van der Waals surface area contributed by atoms with Crippen LogP contribution in [-0.4, -0.2) is 10.9 Å². The number of carbonyl (C=O) groups excluding carboxylic acids is 1. The lowest BCUT2D eigenvalue weighted by atomic mass is 10.2. The number of hydrogen-bond acceptors (Lipinski definition) is 3. The molecule has 0 atom stereocenters. The first-order chi connectivity index (χ1) is 11.6. The van der Waals surface area contributed by atoms with Gasteiger partial charge in [0.15, 0.2) is 0 Å². The van der Waals surface area contributed by atoms with E-state index in [0.29, 0.717) is 27.8 Å². The molecule has 6 heteroatoms. The summed E-state index contributed by atoms with van der Waals surface area (Å²) in [7, 11) is 0. The summed E-state index contributed by atoms with van der Waals surface area (Å²) in [6.07, 6.45) is 3.33. The molecule has 0 aliphatic heterocycles. The van der Waals surface area contributed by atoms with Crippen LogP contribution in [0.3, 0.4) is 0 Å². The highest BCUT2D eigenvalue weighted by molar-refractivity contribution is 14.1. The molecule has 0 saturated carbocycles. The number of nitrogens with one attached hydrogen (secondary N) is 1. The largest absolute Gasteiger partial charge is 0.457 e. The second-order valence-corrected chi connectivity index (χ2v) is 6.49. The Morgan fingerprint density at radius 2 is 1.67 bits per heavy atom. The monoisotopic (exact) mass is 450 g/mol. The highest BCUT2D eigenvalue weighted by Crippen LogP contribution is 2.23. The van der Waals surface area contributed by atoms with Gasteiger partial charge in [0.05, 0.1) is 5.56 Å². The zero-order chi connectivity index (χ0) is 16.9. The van der Waals surface area contributed by atoms with E-state index in [0.717, 1.165) is 3.57 Å². The van der Waals surface area contributed by atoms with Gasteiger partial charge in [0.25, 0.3) is 5.91 Å². The van der Waals surface area contributed by atoms with Crippen molar-refractivity contribution in [3.05, 3.63) is 81.1 Å². The Morgan fingerprint density at radius 1 is 1.00 bits per heavy atom. The molecule has 0 unspecified atom stereocenters. The number of hydrogen-bond donors (Lipinski definition) is 1. The second-order valence-electron chi connectivity index (χ2n) is 4.89. The van der Waals surface area contributed by atoms with E-state index in [2.05, 4.69) is 32.9 Å². The molecule has 1 N–H and O–H groups in total. The summed E-state index contributed by atoms with van der Waals surface area (Å²) in [5, 5.41) is 3.46. The summed E-state index contributed by atoms with van der Waals surface area (Å²) in [6.45, 7) is 0. The average Bonchev–Trinajstić information content (AvgIpc) is 2.57. The smallest absolute Gasteiger partial charge is 0.256 e. The van der Waals surface area contributed by atoms with Crippen LogP contribution in [0.2, 0.25) is 5.02 Å². The van der Waals surface area contributed by atoms with Crippen molar-refractivity contribution in [3.8, 4) is 11.5 Å². The van der Waals surface area contributed by atoms with E-state index in [1.807, 2.05) is 0 Å². The molecule has 1 heterocycles. The van der Waals surface area contributed by atoms with Crippen molar-refractivity contribution in [3.63, 3.8) is 0 Å². The molecule has 24 heavy (non-hydrogen) atoms. The van der Waals surface area contributed by atoms with E-state index in [1.165, 1.54) is 0 Å². The third kappa shape index (κ3) is 4.24. The summed E-state index contributed by atoms with van der Waals surface area (Å²) in [6, 6.07) is 15.9. The van der Waals surface area contributed by atoms with Crippen molar-refractivity contribution >= 4 is 45.8 Å². The number of carbonyl (C=O) groups is 1. The Bertz CT molecular complexity index is 855. The fraction of sp³-hybridized carbons (Fsp3) is 0. The van der Waals surface area contributed by atoms with E-state index in [1.54, 1.807) is 67.0 Å². The zero-order valence-corrected chi connectivity index (χ0v) is 15.3. The van der Waals surface area contributed by atoms with E-state index in [-0.39, 0.29) is 5.91 Å². The molecule has 2 aromatic carbocycles. The summed E-state index contributed by atoms with van der Waals surface area (Å²) in [4.78, 5) is 16.3. The minimum atomic E-state index is -0.182. The van der Waals surface area contributed by atoms with Crippen molar-refractivity contribution < 1.29 is 9.53 Å². The molecular formula is C18H12ClIN2O2. The van der Waals surface area contributed by atoms with Gasteiger partial charge in [0, 0.05) is 26.7 Å². The quantitative estimate of drug-likeness (QED) is 0.543. The SMILES string of the molecule is O=C(Nc1ccc(Oc2ccncc2)cc1)c1ccc(Cl)cc1I. The summed E-state index contributed by atoms with van der Waals surface area (Å²) in [5.41, 5.74) is 1.27. The number of nitrogens with zero attached hydrogens (tertiary/aromatic N) is 1. The predicted octanol–water partition coefficient (Wildman–Crippen LogP) is 5.38. The van der Waals surface area contributed by atoms with Gasteiger partial charge in [0.2, 0.25) is 0 Å². The first-order valence-corrected chi connectivity index (χ1v) is 8.52. The molecule has 0 fully saturated rings. The van der Waals surface area contributed by atoms with Gasteiger partial charge in [0.1, 0.15) is 11.5 Å². The lowest BCUT2D eigenvalue weighted by Gasteiger charge is -2.09. The van der Waals surface area contributed by atoms with Gasteiger partial charge in [-0.05, 0) is 77.2 Å².